The number of hydrogen-bond donors (Lipinski definition) is 1. The summed E-state index contributed by atoms with van der Waals surface area (Å²) in [4.78, 5) is 0. The van der Waals surface area contributed by atoms with Crippen molar-refractivity contribution in [1.29, 1.82) is 0 Å². The number of benzene rings is 1. The van der Waals surface area contributed by atoms with Crippen LogP contribution in [0.1, 0.15) is 76.2 Å². The lowest BCUT2D eigenvalue weighted by atomic mass is 9.82. The van der Waals surface area contributed by atoms with Crippen LogP contribution in [-0.4, -0.2) is 11.2 Å². The van der Waals surface area contributed by atoms with Crippen molar-refractivity contribution in [1.82, 2.24) is 0 Å². The molecule has 0 radical (unpaired) electrons. The zero-order valence-corrected chi connectivity index (χ0v) is 12.9. The number of aliphatic hydroxyl groups excluding tert-OH is 1. The molecular formula is C19H30O. The molecule has 0 aromatic heterocycles. The van der Waals surface area contributed by atoms with Gasteiger partial charge >= 0.3 is 0 Å². The smallest absolute Gasteiger partial charge is 0.0566 e. The highest BCUT2D eigenvalue weighted by Crippen LogP contribution is 2.32. The maximum atomic E-state index is 10.3. The van der Waals surface area contributed by atoms with E-state index >= 15 is 0 Å². The lowest BCUT2D eigenvalue weighted by molar-refractivity contribution is 0.0947. The topological polar surface area (TPSA) is 20.2 Å². The molecule has 1 heteroatoms. The van der Waals surface area contributed by atoms with Crippen LogP contribution in [0.3, 0.4) is 0 Å². The molecule has 0 spiro atoms. The van der Waals surface area contributed by atoms with Crippen molar-refractivity contribution in [3.63, 3.8) is 0 Å². The Morgan fingerprint density at radius 3 is 2.15 bits per heavy atom. The number of rotatable bonds is 1. The van der Waals surface area contributed by atoms with Crippen LogP contribution in [-0.2, 0) is 0 Å². The molecule has 0 aliphatic heterocycles. The van der Waals surface area contributed by atoms with Crippen LogP contribution in [0.4, 0.5) is 0 Å². The van der Waals surface area contributed by atoms with E-state index in [0.717, 1.165) is 12.8 Å². The summed E-state index contributed by atoms with van der Waals surface area (Å²) >= 11 is 0. The molecule has 1 aromatic rings. The van der Waals surface area contributed by atoms with Gasteiger partial charge in [-0.05, 0) is 36.7 Å². The summed E-state index contributed by atoms with van der Waals surface area (Å²) in [5, 5.41) is 10.3. The van der Waals surface area contributed by atoms with Crippen LogP contribution in [0.15, 0.2) is 30.3 Å². The fourth-order valence-electron chi connectivity index (χ4n) is 3.49. The van der Waals surface area contributed by atoms with Crippen LogP contribution in [0, 0.1) is 5.92 Å². The minimum Gasteiger partial charge on any atom is -0.393 e. The van der Waals surface area contributed by atoms with Gasteiger partial charge in [-0.2, -0.15) is 0 Å². The third-order valence-electron chi connectivity index (χ3n) is 4.89. The van der Waals surface area contributed by atoms with Gasteiger partial charge in [0.05, 0.1) is 6.10 Å². The van der Waals surface area contributed by atoms with Crippen molar-refractivity contribution in [2.24, 2.45) is 5.92 Å². The highest BCUT2D eigenvalue weighted by atomic mass is 16.3. The molecule has 0 saturated heterocycles. The molecule has 112 valence electrons. The molecule has 1 aliphatic carbocycles. The maximum absolute atomic E-state index is 10.3. The summed E-state index contributed by atoms with van der Waals surface area (Å²) in [5.74, 6) is 1.04. The molecule has 0 bridgehead atoms. The van der Waals surface area contributed by atoms with E-state index in [1.165, 1.54) is 50.5 Å². The fraction of sp³-hybridized carbons (Fsp3) is 0.684. The first-order valence-electron chi connectivity index (χ1n) is 8.50. The molecule has 1 nitrogen and oxygen atoms in total. The summed E-state index contributed by atoms with van der Waals surface area (Å²) in [5.41, 5.74) is 1.46. The molecule has 1 N–H and O–H groups in total. The summed E-state index contributed by atoms with van der Waals surface area (Å²) in [6, 6.07) is 10.9. The first-order valence-corrected chi connectivity index (χ1v) is 8.50. The monoisotopic (exact) mass is 274 g/mol. The number of hydrogen-bond acceptors (Lipinski definition) is 1. The lowest BCUT2D eigenvalue weighted by Crippen LogP contribution is -2.20. The average Bonchev–Trinajstić information content (AvgIpc) is 2.47. The molecule has 1 fully saturated rings. The van der Waals surface area contributed by atoms with E-state index in [1.54, 1.807) is 0 Å². The molecular weight excluding hydrogens is 244 g/mol. The Morgan fingerprint density at radius 2 is 1.45 bits per heavy atom. The predicted octanol–water partition coefficient (Wildman–Crippen LogP) is 5.29. The first-order chi connectivity index (χ1) is 9.77. The van der Waals surface area contributed by atoms with Gasteiger partial charge in [0.25, 0.3) is 0 Å². The van der Waals surface area contributed by atoms with Crippen molar-refractivity contribution >= 4 is 0 Å². The largest absolute Gasteiger partial charge is 0.393 e. The van der Waals surface area contributed by atoms with Crippen LogP contribution in [0.5, 0.6) is 0 Å². The van der Waals surface area contributed by atoms with E-state index in [0.29, 0.717) is 11.8 Å². The normalized spacial score (nSPS) is 30.2. The highest BCUT2D eigenvalue weighted by Gasteiger charge is 2.20. The van der Waals surface area contributed by atoms with Gasteiger partial charge in [0.15, 0.2) is 0 Å². The maximum Gasteiger partial charge on any atom is 0.0566 e. The second-order valence-electron chi connectivity index (χ2n) is 6.59. The van der Waals surface area contributed by atoms with Crippen molar-refractivity contribution in [3.8, 4) is 0 Å². The summed E-state index contributed by atoms with van der Waals surface area (Å²) < 4.78 is 0. The van der Waals surface area contributed by atoms with E-state index < -0.39 is 0 Å². The van der Waals surface area contributed by atoms with Gasteiger partial charge < -0.3 is 5.11 Å². The Hall–Kier alpha value is -0.820. The molecule has 1 aliphatic rings. The minimum absolute atomic E-state index is 0.111. The Balaban J connectivity index is 2.02. The van der Waals surface area contributed by atoms with E-state index in [1.807, 2.05) is 0 Å². The standard InChI is InChI=1S/C19H30O/c1-16-15-18(17-11-8-6-9-12-17)13-7-4-2-3-5-10-14-19(16)20/h6,8-9,11-12,16,18-20H,2-5,7,10,13-15H2,1H3. The van der Waals surface area contributed by atoms with E-state index in [2.05, 4.69) is 37.3 Å². The van der Waals surface area contributed by atoms with Crippen LogP contribution < -0.4 is 0 Å². The van der Waals surface area contributed by atoms with Gasteiger partial charge in [0.1, 0.15) is 0 Å². The average molecular weight is 274 g/mol. The van der Waals surface area contributed by atoms with E-state index in [-0.39, 0.29) is 6.10 Å². The van der Waals surface area contributed by atoms with Crippen molar-refractivity contribution in [2.45, 2.75) is 76.7 Å². The van der Waals surface area contributed by atoms with Gasteiger partial charge in [0, 0.05) is 0 Å². The Morgan fingerprint density at radius 1 is 0.850 bits per heavy atom. The molecule has 1 saturated carbocycles. The van der Waals surface area contributed by atoms with Gasteiger partial charge in [-0.3, -0.25) is 0 Å². The SMILES string of the molecule is CC1CC(c2ccccc2)CCCCCCCCC1O. The van der Waals surface area contributed by atoms with Crippen LogP contribution >= 0.6 is 0 Å². The first kappa shape index (κ1) is 15.6. The number of aliphatic hydroxyl groups is 1. The third kappa shape index (κ3) is 4.94. The summed E-state index contributed by atoms with van der Waals surface area (Å²) in [7, 11) is 0. The highest BCUT2D eigenvalue weighted by molar-refractivity contribution is 5.19. The summed E-state index contributed by atoms with van der Waals surface area (Å²) in [6.07, 6.45) is 11.2. The molecule has 3 unspecified atom stereocenters. The Kier molecular flexibility index (Phi) is 6.59. The quantitative estimate of drug-likeness (QED) is 0.737. The van der Waals surface area contributed by atoms with Crippen molar-refractivity contribution < 1.29 is 5.11 Å². The van der Waals surface area contributed by atoms with E-state index in [4.69, 9.17) is 0 Å². The molecule has 0 heterocycles. The van der Waals surface area contributed by atoms with Gasteiger partial charge in [-0.1, -0.05) is 75.8 Å². The Labute approximate surface area is 124 Å². The van der Waals surface area contributed by atoms with Crippen molar-refractivity contribution in [3.05, 3.63) is 35.9 Å². The van der Waals surface area contributed by atoms with Crippen molar-refractivity contribution in [2.75, 3.05) is 0 Å². The second kappa shape index (κ2) is 8.46. The zero-order chi connectivity index (χ0) is 14.2. The van der Waals surface area contributed by atoms with Gasteiger partial charge in [0.2, 0.25) is 0 Å². The molecule has 1 aromatic carbocycles. The predicted molar refractivity (Wildman–Crippen MR) is 85.9 cm³/mol. The van der Waals surface area contributed by atoms with E-state index in [9.17, 15) is 5.11 Å². The summed E-state index contributed by atoms with van der Waals surface area (Å²) in [6.45, 7) is 2.23. The van der Waals surface area contributed by atoms with Gasteiger partial charge in [-0.15, -0.1) is 0 Å². The third-order valence-corrected chi connectivity index (χ3v) is 4.89. The van der Waals surface area contributed by atoms with Crippen LogP contribution in [0.2, 0.25) is 0 Å². The molecule has 20 heavy (non-hydrogen) atoms. The minimum atomic E-state index is -0.111. The fourth-order valence-corrected chi connectivity index (χ4v) is 3.49. The molecule has 0 amide bonds. The Bertz CT molecular complexity index is 359. The van der Waals surface area contributed by atoms with Gasteiger partial charge in [-0.25, -0.2) is 0 Å². The molecule has 2 rings (SSSR count). The lowest BCUT2D eigenvalue weighted by Gasteiger charge is -2.26. The molecule has 3 atom stereocenters. The second-order valence-corrected chi connectivity index (χ2v) is 6.59. The van der Waals surface area contributed by atoms with Crippen LogP contribution in [0.25, 0.3) is 0 Å². The zero-order valence-electron chi connectivity index (χ0n) is 12.9.